The van der Waals surface area contributed by atoms with Crippen LogP contribution >= 0.6 is 0 Å². The molecule has 0 radical (unpaired) electrons. The monoisotopic (exact) mass is 284 g/mol. The van der Waals surface area contributed by atoms with Gasteiger partial charge in [-0.05, 0) is 23.8 Å². The van der Waals surface area contributed by atoms with Crippen LogP contribution in [0.5, 0.6) is 11.5 Å². The number of hydrogen-bond acceptors (Lipinski definition) is 4. The van der Waals surface area contributed by atoms with Crippen molar-refractivity contribution in [2.24, 2.45) is 0 Å². The van der Waals surface area contributed by atoms with Crippen molar-refractivity contribution in [3.05, 3.63) is 65.7 Å². The highest BCUT2D eigenvalue weighted by Gasteiger charge is 2.15. The second kappa shape index (κ2) is 7.14. The van der Waals surface area contributed by atoms with Gasteiger partial charge in [0.25, 0.3) is 0 Å². The summed E-state index contributed by atoms with van der Waals surface area (Å²) in [5.41, 5.74) is 1.11. The van der Waals surface area contributed by atoms with E-state index in [1.54, 1.807) is 18.2 Å². The molecule has 0 bridgehead atoms. The summed E-state index contributed by atoms with van der Waals surface area (Å²) in [6.07, 6.45) is 3.60. The predicted molar refractivity (Wildman–Crippen MR) is 80.4 cm³/mol. The second-order valence-electron chi connectivity index (χ2n) is 4.27. The van der Waals surface area contributed by atoms with E-state index in [9.17, 15) is 9.90 Å². The van der Waals surface area contributed by atoms with Crippen molar-refractivity contribution in [3.8, 4) is 11.5 Å². The molecule has 2 rings (SSSR count). The van der Waals surface area contributed by atoms with E-state index in [0.717, 1.165) is 5.56 Å². The fraction of sp³-hybridized carbons (Fsp3) is 0.118. The van der Waals surface area contributed by atoms with E-state index in [1.165, 1.54) is 13.2 Å². The van der Waals surface area contributed by atoms with Crippen molar-refractivity contribution >= 4 is 12.0 Å². The molecule has 2 aromatic carbocycles. The van der Waals surface area contributed by atoms with Gasteiger partial charge in [-0.3, -0.25) is 0 Å². The quantitative estimate of drug-likeness (QED) is 0.856. The lowest BCUT2D eigenvalue weighted by molar-refractivity contribution is 0.0546. The number of para-hydroxylation sites is 1. The average Bonchev–Trinajstić information content (AvgIpc) is 2.52. The molecule has 0 fully saturated rings. The zero-order valence-corrected chi connectivity index (χ0v) is 11.7. The SMILES string of the molecule is COc1cccc(C(=O)OCC=Cc2ccccc2)c1O. The molecule has 0 aliphatic rings. The van der Waals surface area contributed by atoms with E-state index in [0.29, 0.717) is 0 Å². The smallest absolute Gasteiger partial charge is 0.342 e. The van der Waals surface area contributed by atoms with Gasteiger partial charge in [0.1, 0.15) is 12.2 Å². The van der Waals surface area contributed by atoms with Gasteiger partial charge in [0, 0.05) is 0 Å². The molecule has 108 valence electrons. The molecule has 1 N–H and O–H groups in total. The van der Waals surface area contributed by atoms with Gasteiger partial charge in [0.05, 0.1) is 7.11 Å². The summed E-state index contributed by atoms with van der Waals surface area (Å²) in [5, 5.41) is 9.85. The number of rotatable bonds is 5. The number of phenolic OH excluding ortho intramolecular Hbond substituents is 1. The molecule has 4 heteroatoms. The topological polar surface area (TPSA) is 55.8 Å². The van der Waals surface area contributed by atoms with Gasteiger partial charge in [0.2, 0.25) is 0 Å². The molecule has 0 atom stereocenters. The molecule has 2 aromatic rings. The Morgan fingerprint density at radius 2 is 1.90 bits per heavy atom. The fourth-order valence-corrected chi connectivity index (χ4v) is 1.80. The lowest BCUT2D eigenvalue weighted by atomic mass is 10.2. The Balaban J connectivity index is 1.95. The Morgan fingerprint density at radius 1 is 1.14 bits per heavy atom. The molecule has 0 saturated heterocycles. The number of carbonyl (C=O) groups is 1. The molecule has 0 unspecified atom stereocenters. The maximum atomic E-state index is 11.9. The van der Waals surface area contributed by atoms with Gasteiger partial charge in [-0.2, -0.15) is 0 Å². The van der Waals surface area contributed by atoms with E-state index in [1.807, 2.05) is 36.4 Å². The van der Waals surface area contributed by atoms with Crippen molar-refractivity contribution < 1.29 is 19.4 Å². The predicted octanol–water partition coefficient (Wildman–Crippen LogP) is 3.27. The van der Waals surface area contributed by atoms with Crippen molar-refractivity contribution in [1.82, 2.24) is 0 Å². The Labute approximate surface area is 123 Å². The number of carbonyl (C=O) groups excluding carboxylic acids is 1. The normalized spacial score (nSPS) is 10.5. The van der Waals surface area contributed by atoms with Crippen LogP contribution in [0.2, 0.25) is 0 Å². The molecule has 0 amide bonds. The summed E-state index contributed by atoms with van der Waals surface area (Å²) < 4.78 is 10.0. The highest BCUT2D eigenvalue weighted by atomic mass is 16.5. The minimum absolute atomic E-state index is 0.0856. The van der Waals surface area contributed by atoms with Crippen LogP contribution < -0.4 is 4.74 Å². The first kappa shape index (κ1) is 14.7. The molecular weight excluding hydrogens is 268 g/mol. The van der Waals surface area contributed by atoms with E-state index in [4.69, 9.17) is 9.47 Å². The van der Waals surface area contributed by atoms with E-state index >= 15 is 0 Å². The molecule has 21 heavy (non-hydrogen) atoms. The van der Waals surface area contributed by atoms with Gasteiger partial charge in [-0.25, -0.2) is 4.79 Å². The van der Waals surface area contributed by atoms with Gasteiger partial charge >= 0.3 is 5.97 Å². The van der Waals surface area contributed by atoms with Gasteiger partial charge in [-0.15, -0.1) is 0 Å². The van der Waals surface area contributed by atoms with Gasteiger partial charge in [0.15, 0.2) is 11.5 Å². The molecule has 4 nitrogen and oxygen atoms in total. The van der Waals surface area contributed by atoms with Crippen LogP contribution in [0.3, 0.4) is 0 Å². The first-order chi connectivity index (χ1) is 10.2. The Hall–Kier alpha value is -2.75. The number of benzene rings is 2. The number of methoxy groups -OCH3 is 1. The third-order valence-corrected chi connectivity index (χ3v) is 2.86. The van der Waals surface area contributed by atoms with E-state index in [-0.39, 0.29) is 23.7 Å². The summed E-state index contributed by atoms with van der Waals surface area (Å²) >= 11 is 0. The second-order valence-corrected chi connectivity index (χ2v) is 4.27. The molecule has 0 aliphatic carbocycles. The van der Waals surface area contributed by atoms with Crippen molar-refractivity contribution in [2.75, 3.05) is 13.7 Å². The third-order valence-electron chi connectivity index (χ3n) is 2.86. The van der Waals surface area contributed by atoms with Crippen LogP contribution in [0.4, 0.5) is 0 Å². The van der Waals surface area contributed by atoms with Crippen LogP contribution in [0.1, 0.15) is 15.9 Å². The van der Waals surface area contributed by atoms with E-state index < -0.39 is 5.97 Å². The summed E-state index contributed by atoms with van der Waals surface area (Å²) in [5.74, 6) is -0.564. The van der Waals surface area contributed by atoms with Crippen molar-refractivity contribution in [1.29, 1.82) is 0 Å². The number of ether oxygens (including phenoxy) is 2. The van der Waals surface area contributed by atoms with Gasteiger partial charge in [-0.1, -0.05) is 42.5 Å². The standard InChI is InChI=1S/C17H16O4/c1-20-15-11-5-10-14(16(15)18)17(19)21-12-6-9-13-7-3-2-4-8-13/h2-11,18H,12H2,1H3. The van der Waals surface area contributed by atoms with Crippen LogP contribution in [0.15, 0.2) is 54.6 Å². The highest BCUT2D eigenvalue weighted by molar-refractivity contribution is 5.93. The minimum Gasteiger partial charge on any atom is -0.504 e. The maximum Gasteiger partial charge on any atom is 0.342 e. The van der Waals surface area contributed by atoms with Crippen LogP contribution in [-0.2, 0) is 4.74 Å². The molecular formula is C17H16O4. The summed E-state index contributed by atoms with van der Waals surface area (Å²) in [6.45, 7) is 0.129. The zero-order valence-electron chi connectivity index (χ0n) is 11.7. The number of esters is 1. The van der Waals surface area contributed by atoms with Crippen molar-refractivity contribution in [2.45, 2.75) is 0 Å². The molecule has 0 aliphatic heterocycles. The summed E-state index contributed by atoms with van der Waals surface area (Å²) in [7, 11) is 1.42. The number of phenols is 1. The minimum atomic E-state index is -0.593. The van der Waals surface area contributed by atoms with Crippen LogP contribution in [0, 0.1) is 0 Å². The Morgan fingerprint density at radius 3 is 2.62 bits per heavy atom. The Bertz CT molecular complexity index is 632. The molecule has 0 aromatic heterocycles. The van der Waals surface area contributed by atoms with E-state index in [2.05, 4.69) is 0 Å². The van der Waals surface area contributed by atoms with Gasteiger partial charge < -0.3 is 14.6 Å². The molecule has 0 spiro atoms. The van der Waals surface area contributed by atoms with Crippen LogP contribution in [-0.4, -0.2) is 24.8 Å². The molecule has 0 heterocycles. The summed E-state index contributed by atoms with van der Waals surface area (Å²) in [4.78, 5) is 11.9. The zero-order chi connectivity index (χ0) is 15.1. The fourth-order valence-electron chi connectivity index (χ4n) is 1.80. The lowest BCUT2D eigenvalue weighted by Gasteiger charge is -2.07. The Kier molecular flexibility index (Phi) is 4.99. The number of aromatic hydroxyl groups is 1. The first-order valence-electron chi connectivity index (χ1n) is 6.47. The van der Waals surface area contributed by atoms with Crippen LogP contribution in [0.25, 0.3) is 6.08 Å². The number of hydrogen-bond donors (Lipinski definition) is 1. The first-order valence-corrected chi connectivity index (χ1v) is 6.47. The largest absolute Gasteiger partial charge is 0.504 e. The third kappa shape index (κ3) is 3.86. The summed E-state index contributed by atoms with van der Waals surface area (Å²) in [6, 6.07) is 14.4. The maximum absolute atomic E-state index is 11.9. The highest BCUT2D eigenvalue weighted by Crippen LogP contribution is 2.29. The van der Waals surface area contributed by atoms with Crippen molar-refractivity contribution in [3.63, 3.8) is 0 Å². The molecule has 0 saturated carbocycles. The average molecular weight is 284 g/mol. The lowest BCUT2D eigenvalue weighted by Crippen LogP contribution is -2.05.